The second kappa shape index (κ2) is 7.64. The Morgan fingerprint density at radius 2 is 1.73 bits per heavy atom. The number of pyridine rings is 1. The molecule has 0 spiro atoms. The normalized spacial score (nSPS) is 13.3. The van der Waals surface area contributed by atoms with Crippen LogP contribution in [0.25, 0.3) is 5.52 Å². The Kier molecular flexibility index (Phi) is 4.68. The van der Waals surface area contributed by atoms with Crippen molar-refractivity contribution in [2.75, 3.05) is 0 Å². The molecule has 0 aliphatic heterocycles. The summed E-state index contributed by atoms with van der Waals surface area (Å²) >= 11 is 0. The minimum Gasteiger partial charge on any atom is -0.489 e. The summed E-state index contributed by atoms with van der Waals surface area (Å²) in [5.41, 5.74) is 4.70. The van der Waals surface area contributed by atoms with Crippen LogP contribution in [0.2, 0.25) is 0 Å². The third kappa shape index (κ3) is 3.30. The first kappa shape index (κ1) is 18.4. The van der Waals surface area contributed by atoms with E-state index in [-0.39, 0.29) is 11.6 Å². The third-order valence-corrected chi connectivity index (χ3v) is 5.64. The van der Waals surface area contributed by atoms with E-state index < -0.39 is 0 Å². The largest absolute Gasteiger partial charge is 0.489 e. The van der Waals surface area contributed by atoms with E-state index in [1.54, 1.807) is 12.1 Å². The summed E-state index contributed by atoms with van der Waals surface area (Å²) < 4.78 is 7.74. The average molecular weight is 395 g/mol. The highest BCUT2D eigenvalue weighted by atomic mass is 16.5. The summed E-state index contributed by atoms with van der Waals surface area (Å²) in [6, 6.07) is 22.9. The molecule has 0 radical (unpaired) electrons. The minimum atomic E-state index is -0.0719. The zero-order valence-electron chi connectivity index (χ0n) is 16.5. The number of nitrogens with zero attached hydrogens (tertiary/aromatic N) is 1. The van der Waals surface area contributed by atoms with Crippen molar-refractivity contribution >= 4 is 17.1 Å². The number of Topliss-reactive ketones (excluding diaryl/α,β-unsaturated/α-hetero) is 1. The van der Waals surface area contributed by atoms with Gasteiger partial charge >= 0.3 is 0 Å². The molecule has 1 aliphatic rings. The van der Waals surface area contributed by atoms with Crippen molar-refractivity contribution in [2.45, 2.75) is 25.9 Å². The molecule has 0 saturated heterocycles. The summed E-state index contributed by atoms with van der Waals surface area (Å²) in [6.07, 6.45) is 3.96. The predicted octanol–water partition coefficient (Wildman–Crippen LogP) is 5.27. The molecule has 148 valence electrons. The van der Waals surface area contributed by atoms with Crippen LogP contribution in [-0.4, -0.2) is 16.0 Å². The van der Waals surface area contributed by atoms with Gasteiger partial charge in [0, 0.05) is 29.3 Å². The predicted molar refractivity (Wildman–Crippen MR) is 115 cm³/mol. The van der Waals surface area contributed by atoms with Gasteiger partial charge in [-0.3, -0.25) is 9.59 Å². The number of benzene rings is 2. The van der Waals surface area contributed by atoms with Gasteiger partial charge in [0.15, 0.2) is 5.78 Å². The van der Waals surface area contributed by atoms with Crippen LogP contribution in [0.3, 0.4) is 0 Å². The number of ketones is 2. The molecule has 0 amide bonds. The Bertz CT molecular complexity index is 1240. The van der Waals surface area contributed by atoms with Crippen LogP contribution in [0.15, 0.2) is 79.0 Å². The number of hydrogen-bond acceptors (Lipinski definition) is 3. The van der Waals surface area contributed by atoms with Gasteiger partial charge in [-0.05, 0) is 66.4 Å². The molecule has 4 heteroatoms. The Morgan fingerprint density at radius 3 is 2.53 bits per heavy atom. The van der Waals surface area contributed by atoms with E-state index in [1.807, 2.05) is 71.3 Å². The lowest BCUT2D eigenvalue weighted by Gasteiger charge is -2.20. The zero-order chi connectivity index (χ0) is 20.5. The number of ether oxygens (including phenoxy) is 1. The Morgan fingerprint density at radius 1 is 0.933 bits per heavy atom. The molecular formula is C26H21NO3. The molecular weight excluding hydrogens is 374 g/mol. The fraction of sp³-hybridized carbons (Fsp3) is 0.154. The third-order valence-electron chi connectivity index (χ3n) is 5.64. The minimum absolute atomic E-state index is 0.0719. The van der Waals surface area contributed by atoms with Gasteiger partial charge in [0.25, 0.3) is 0 Å². The molecule has 2 heterocycles. The number of hydrogen-bond donors (Lipinski definition) is 0. The molecule has 4 nitrogen and oxygen atoms in total. The molecule has 0 unspecified atom stereocenters. The SMILES string of the molecule is O=C1CCCc2c1cc1cccn1c2C(=O)c1ccc(OCc2ccccc2)cc1. The van der Waals surface area contributed by atoms with Crippen molar-refractivity contribution in [1.29, 1.82) is 0 Å². The van der Waals surface area contributed by atoms with Crippen molar-refractivity contribution in [3.05, 3.63) is 107 Å². The molecule has 4 aromatic rings. The highest BCUT2D eigenvalue weighted by molar-refractivity contribution is 6.12. The zero-order valence-corrected chi connectivity index (χ0v) is 16.5. The number of aromatic nitrogens is 1. The van der Waals surface area contributed by atoms with Crippen LogP contribution in [0.1, 0.15) is 50.4 Å². The smallest absolute Gasteiger partial charge is 0.210 e. The highest BCUT2D eigenvalue weighted by Gasteiger charge is 2.26. The summed E-state index contributed by atoms with van der Waals surface area (Å²) in [5.74, 6) is 0.766. The van der Waals surface area contributed by atoms with Crippen molar-refractivity contribution in [2.24, 2.45) is 0 Å². The standard InChI is InChI=1S/C26H21NO3/c28-24-10-4-9-22-23(24)16-20-8-5-15-27(20)25(22)26(29)19-11-13-21(14-12-19)30-17-18-6-2-1-3-7-18/h1-3,5-8,11-16H,4,9-10,17H2. The molecule has 5 rings (SSSR count). The van der Waals surface area contributed by atoms with Crippen molar-refractivity contribution in [3.63, 3.8) is 0 Å². The van der Waals surface area contributed by atoms with Gasteiger partial charge in [0.2, 0.25) is 5.78 Å². The van der Waals surface area contributed by atoms with Gasteiger partial charge in [-0.25, -0.2) is 0 Å². The van der Waals surface area contributed by atoms with E-state index in [2.05, 4.69) is 0 Å². The van der Waals surface area contributed by atoms with Crippen molar-refractivity contribution in [1.82, 2.24) is 4.40 Å². The van der Waals surface area contributed by atoms with Crippen LogP contribution in [0, 0.1) is 0 Å². The van der Waals surface area contributed by atoms with Gasteiger partial charge in [-0.15, -0.1) is 0 Å². The summed E-state index contributed by atoms with van der Waals surface area (Å²) in [5, 5.41) is 0. The van der Waals surface area contributed by atoms with E-state index in [4.69, 9.17) is 4.74 Å². The molecule has 0 bridgehead atoms. The molecule has 0 N–H and O–H groups in total. The fourth-order valence-electron chi connectivity index (χ4n) is 4.11. The van der Waals surface area contributed by atoms with E-state index in [0.29, 0.717) is 35.6 Å². The van der Waals surface area contributed by atoms with E-state index in [1.165, 1.54) is 0 Å². The van der Waals surface area contributed by atoms with Crippen LogP contribution in [0.4, 0.5) is 0 Å². The van der Waals surface area contributed by atoms with Crippen LogP contribution < -0.4 is 4.74 Å². The molecule has 0 saturated carbocycles. The summed E-state index contributed by atoms with van der Waals surface area (Å²) in [6.45, 7) is 0.479. The van der Waals surface area contributed by atoms with Gasteiger partial charge in [0.1, 0.15) is 12.4 Å². The van der Waals surface area contributed by atoms with Gasteiger partial charge in [-0.2, -0.15) is 0 Å². The topological polar surface area (TPSA) is 47.8 Å². The number of carbonyl (C=O) groups is 2. The first-order valence-electron chi connectivity index (χ1n) is 10.2. The van der Waals surface area contributed by atoms with E-state index in [0.717, 1.165) is 29.5 Å². The molecule has 30 heavy (non-hydrogen) atoms. The van der Waals surface area contributed by atoms with Crippen molar-refractivity contribution < 1.29 is 14.3 Å². The lowest BCUT2D eigenvalue weighted by atomic mass is 9.87. The second-order valence-corrected chi connectivity index (χ2v) is 7.59. The lowest BCUT2D eigenvalue weighted by Crippen LogP contribution is -2.19. The van der Waals surface area contributed by atoms with Crippen LogP contribution >= 0.6 is 0 Å². The molecule has 1 aliphatic carbocycles. The van der Waals surface area contributed by atoms with Crippen LogP contribution in [-0.2, 0) is 13.0 Å². The van der Waals surface area contributed by atoms with Gasteiger partial charge < -0.3 is 9.14 Å². The maximum atomic E-state index is 13.5. The molecule has 2 aromatic carbocycles. The van der Waals surface area contributed by atoms with Gasteiger partial charge in [0.05, 0.1) is 5.69 Å². The molecule has 0 atom stereocenters. The van der Waals surface area contributed by atoms with Crippen molar-refractivity contribution in [3.8, 4) is 5.75 Å². The second-order valence-electron chi connectivity index (χ2n) is 7.59. The number of carbonyl (C=O) groups excluding carboxylic acids is 2. The van der Waals surface area contributed by atoms with E-state index in [9.17, 15) is 9.59 Å². The highest BCUT2D eigenvalue weighted by Crippen LogP contribution is 2.29. The first-order chi connectivity index (χ1) is 14.7. The fourth-order valence-corrected chi connectivity index (χ4v) is 4.11. The van der Waals surface area contributed by atoms with Gasteiger partial charge in [-0.1, -0.05) is 30.3 Å². The summed E-state index contributed by atoms with van der Waals surface area (Å²) in [7, 11) is 0. The maximum absolute atomic E-state index is 13.5. The molecule has 2 aromatic heterocycles. The number of rotatable bonds is 5. The number of fused-ring (bicyclic) bond motifs is 2. The Hall–Kier alpha value is -3.66. The first-order valence-corrected chi connectivity index (χ1v) is 10.2. The van der Waals surface area contributed by atoms with E-state index >= 15 is 0 Å². The summed E-state index contributed by atoms with van der Waals surface area (Å²) in [4.78, 5) is 25.9. The lowest BCUT2D eigenvalue weighted by molar-refractivity contribution is 0.0972. The quantitative estimate of drug-likeness (QED) is 0.433. The maximum Gasteiger partial charge on any atom is 0.210 e. The average Bonchev–Trinajstić information content (AvgIpc) is 3.26. The van der Waals surface area contributed by atoms with Crippen LogP contribution in [0.5, 0.6) is 5.75 Å². The Balaban J connectivity index is 1.46. The Labute approximate surface area is 174 Å². The molecule has 0 fully saturated rings. The monoisotopic (exact) mass is 395 g/mol.